The van der Waals surface area contributed by atoms with Crippen molar-refractivity contribution in [3.05, 3.63) is 18.1 Å². The maximum absolute atomic E-state index is 9.44. The van der Waals surface area contributed by atoms with E-state index in [1.807, 2.05) is 0 Å². The zero-order valence-corrected chi connectivity index (χ0v) is 12.2. The van der Waals surface area contributed by atoms with Crippen molar-refractivity contribution < 1.29 is 5.11 Å². The number of aromatic nitrogens is 2. The number of hydrogen-bond donors (Lipinski definition) is 1. The molecule has 0 radical (unpaired) electrons. The van der Waals surface area contributed by atoms with Crippen LogP contribution >= 0.6 is 0 Å². The number of aliphatic hydroxyl groups excluding tert-OH is 1. The number of hydrogen-bond acceptors (Lipinski definition) is 4. The van der Waals surface area contributed by atoms with Crippen LogP contribution in [0.3, 0.4) is 0 Å². The van der Waals surface area contributed by atoms with E-state index in [1.165, 1.54) is 38.5 Å². The molecule has 1 aromatic heterocycles. The first-order valence-corrected chi connectivity index (χ1v) is 8.08. The minimum absolute atomic E-state index is 0.122. The van der Waals surface area contributed by atoms with E-state index in [0.29, 0.717) is 5.92 Å². The summed E-state index contributed by atoms with van der Waals surface area (Å²) >= 11 is 0. The van der Waals surface area contributed by atoms with Gasteiger partial charge < -0.3 is 10.0 Å². The van der Waals surface area contributed by atoms with Crippen molar-refractivity contribution in [2.45, 2.75) is 63.4 Å². The molecule has 0 unspecified atom stereocenters. The molecule has 0 bridgehead atoms. The van der Waals surface area contributed by atoms with E-state index < -0.39 is 0 Å². The number of rotatable bonds is 2. The molecule has 0 atom stereocenters. The third kappa shape index (κ3) is 3.29. The predicted molar refractivity (Wildman–Crippen MR) is 79.9 cm³/mol. The average molecular weight is 275 g/mol. The monoisotopic (exact) mass is 275 g/mol. The van der Waals surface area contributed by atoms with Crippen molar-refractivity contribution in [2.75, 3.05) is 18.0 Å². The highest BCUT2D eigenvalue weighted by Crippen LogP contribution is 2.36. The van der Waals surface area contributed by atoms with Gasteiger partial charge in [0.2, 0.25) is 0 Å². The van der Waals surface area contributed by atoms with Gasteiger partial charge in [-0.15, -0.1) is 0 Å². The fraction of sp³-hybridized carbons (Fsp3) is 0.750. The van der Waals surface area contributed by atoms with E-state index in [4.69, 9.17) is 0 Å². The quantitative estimate of drug-likeness (QED) is 0.901. The van der Waals surface area contributed by atoms with Crippen molar-refractivity contribution in [2.24, 2.45) is 0 Å². The molecule has 4 heteroatoms. The topological polar surface area (TPSA) is 49.2 Å². The molecule has 0 amide bonds. The lowest BCUT2D eigenvalue weighted by atomic mass is 9.80. The summed E-state index contributed by atoms with van der Waals surface area (Å²) in [6, 6.07) is 2.15. The van der Waals surface area contributed by atoms with Gasteiger partial charge in [-0.3, -0.25) is 0 Å². The maximum Gasteiger partial charge on any atom is 0.132 e. The molecule has 1 saturated heterocycles. The van der Waals surface area contributed by atoms with Crippen LogP contribution in [-0.2, 0) is 0 Å². The summed E-state index contributed by atoms with van der Waals surface area (Å²) in [7, 11) is 0. The largest absolute Gasteiger partial charge is 0.393 e. The fourth-order valence-corrected chi connectivity index (χ4v) is 3.24. The standard InChI is InChI=1S/C16H25N3O/c20-14-9-13(10-14)15-11-16(18-12-17-15)19-7-5-3-1-2-4-6-8-19/h11-14,20H,1-10H2. The molecule has 2 aliphatic rings. The van der Waals surface area contributed by atoms with Crippen molar-refractivity contribution in [3.8, 4) is 0 Å². The van der Waals surface area contributed by atoms with Gasteiger partial charge in [-0.25, -0.2) is 9.97 Å². The molecular formula is C16H25N3O. The lowest BCUT2D eigenvalue weighted by Gasteiger charge is -2.31. The highest BCUT2D eigenvalue weighted by atomic mass is 16.3. The Bertz CT molecular complexity index is 421. The zero-order chi connectivity index (χ0) is 13.8. The Hall–Kier alpha value is -1.16. The second-order valence-electron chi connectivity index (χ2n) is 6.23. The normalized spacial score (nSPS) is 28.1. The molecule has 2 fully saturated rings. The second-order valence-corrected chi connectivity index (χ2v) is 6.23. The Morgan fingerprint density at radius 3 is 2.25 bits per heavy atom. The average Bonchev–Trinajstić information content (AvgIpc) is 2.57. The van der Waals surface area contributed by atoms with Crippen LogP contribution in [0.15, 0.2) is 12.4 Å². The van der Waals surface area contributed by atoms with E-state index in [0.717, 1.165) is 37.4 Å². The van der Waals surface area contributed by atoms with Crippen molar-refractivity contribution >= 4 is 5.82 Å². The molecule has 0 spiro atoms. The molecule has 4 nitrogen and oxygen atoms in total. The van der Waals surface area contributed by atoms with E-state index in [2.05, 4.69) is 20.9 Å². The fourth-order valence-electron chi connectivity index (χ4n) is 3.24. The Morgan fingerprint density at radius 1 is 0.950 bits per heavy atom. The number of aliphatic hydroxyl groups is 1. The predicted octanol–water partition coefficient (Wildman–Crippen LogP) is 2.88. The van der Waals surface area contributed by atoms with Gasteiger partial charge in [0.05, 0.1) is 6.10 Å². The number of nitrogens with zero attached hydrogens (tertiary/aromatic N) is 3. The van der Waals surface area contributed by atoms with E-state index in [-0.39, 0.29) is 6.10 Å². The van der Waals surface area contributed by atoms with Crippen LogP contribution < -0.4 is 4.90 Å². The molecule has 20 heavy (non-hydrogen) atoms. The molecule has 3 rings (SSSR count). The first-order chi connectivity index (χ1) is 9.83. The van der Waals surface area contributed by atoms with E-state index >= 15 is 0 Å². The minimum Gasteiger partial charge on any atom is -0.393 e. The summed E-state index contributed by atoms with van der Waals surface area (Å²) in [5.41, 5.74) is 1.11. The molecule has 1 aromatic rings. The Kier molecular flexibility index (Phi) is 4.51. The Morgan fingerprint density at radius 2 is 1.60 bits per heavy atom. The molecule has 1 N–H and O–H groups in total. The third-order valence-corrected chi connectivity index (χ3v) is 4.64. The van der Waals surface area contributed by atoms with Gasteiger partial charge in [-0.05, 0) is 25.7 Å². The molecule has 1 saturated carbocycles. The summed E-state index contributed by atoms with van der Waals surface area (Å²) in [6.45, 7) is 2.23. The first-order valence-electron chi connectivity index (χ1n) is 8.08. The van der Waals surface area contributed by atoms with Crippen LogP contribution in [0.2, 0.25) is 0 Å². The van der Waals surface area contributed by atoms with Gasteiger partial charge in [0.15, 0.2) is 0 Å². The van der Waals surface area contributed by atoms with Gasteiger partial charge in [0.1, 0.15) is 12.1 Å². The van der Waals surface area contributed by atoms with E-state index in [9.17, 15) is 5.11 Å². The third-order valence-electron chi connectivity index (χ3n) is 4.64. The van der Waals surface area contributed by atoms with Gasteiger partial charge in [-0.1, -0.05) is 25.7 Å². The van der Waals surface area contributed by atoms with Gasteiger partial charge in [-0.2, -0.15) is 0 Å². The van der Waals surface area contributed by atoms with Gasteiger partial charge in [0, 0.05) is 30.8 Å². The highest BCUT2D eigenvalue weighted by molar-refractivity contribution is 5.40. The van der Waals surface area contributed by atoms with Crippen molar-refractivity contribution in [1.29, 1.82) is 0 Å². The van der Waals surface area contributed by atoms with E-state index in [1.54, 1.807) is 6.33 Å². The smallest absolute Gasteiger partial charge is 0.132 e. The van der Waals surface area contributed by atoms with Crippen LogP contribution in [0, 0.1) is 0 Å². The summed E-state index contributed by atoms with van der Waals surface area (Å²) in [5.74, 6) is 1.52. The Balaban J connectivity index is 1.69. The van der Waals surface area contributed by atoms with Crippen LogP contribution in [0.25, 0.3) is 0 Å². The first kappa shape index (κ1) is 13.8. The lowest BCUT2D eigenvalue weighted by Crippen LogP contribution is -2.29. The van der Waals surface area contributed by atoms with Gasteiger partial charge in [0.25, 0.3) is 0 Å². The summed E-state index contributed by atoms with van der Waals surface area (Å²) in [6.07, 6.45) is 11.2. The zero-order valence-electron chi connectivity index (χ0n) is 12.2. The number of anilines is 1. The summed E-state index contributed by atoms with van der Waals surface area (Å²) in [5, 5.41) is 9.44. The van der Waals surface area contributed by atoms with Crippen molar-refractivity contribution in [3.63, 3.8) is 0 Å². The lowest BCUT2D eigenvalue weighted by molar-refractivity contribution is 0.0732. The molecular weight excluding hydrogens is 250 g/mol. The van der Waals surface area contributed by atoms with Crippen LogP contribution in [0.4, 0.5) is 5.82 Å². The highest BCUT2D eigenvalue weighted by Gasteiger charge is 2.30. The molecule has 1 aliphatic heterocycles. The second kappa shape index (κ2) is 6.53. The van der Waals surface area contributed by atoms with Gasteiger partial charge >= 0.3 is 0 Å². The summed E-state index contributed by atoms with van der Waals surface area (Å²) in [4.78, 5) is 11.3. The SMILES string of the molecule is OC1CC(c2cc(N3CCCCCCCC3)ncn2)C1. The minimum atomic E-state index is -0.122. The molecule has 2 heterocycles. The molecule has 110 valence electrons. The summed E-state index contributed by atoms with van der Waals surface area (Å²) < 4.78 is 0. The molecule has 0 aromatic carbocycles. The van der Waals surface area contributed by atoms with Crippen LogP contribution in [-0.4, -0.2) is 34.3 Å². The van der Waals surface area contributed by atoms with Crippen LogP contribution in [0.5, 0.6) is 0 Å². The molecule has 1 aliphatic carbocycles. The van der Waals surface area contributed by atoms with Crippen LogP contribution in [0.1, 0.15) is 63.0 Å². The Labute approximate surface area is 121 Å². The van der Waals surface area contributed by atoms with Crippen molar-refractivity contribution in [1.82, 2.24) is 9.97 Å². The maximum atomic E-state index is 9.44.